The molecule has 0 amide bonds. The number of piperidine rings is 1. The van der Waals surface area contributed by atoms with Crippen LogP contribution in [-0.2, 0) is 15.6 Å². The Bertz CT molecular complexity index is 1740. The van der Waals surface area contributed by atoms with Crippen LogP contribution in [0, 0.1) is 6.92 Å². The van der Waals surface area contributed by atoms with Crippen LogP contribution in [0.15, 0.2) is 47.3 Å². The molecule has 13 heteroatoms. The Balaban J connectivity index is 1.44. The molecule has 0 saturated carbocycles. The third-order valence-electron chi connectivity index (χ3n) is 7.73. The Morgan fingerprint density at radius 2 is 1.72 bits per heavy atom. The van der Waals surface area contributed by atoms with E-state index < -0.39 is 9.84 Å². The van der Waals surface area contributed by atoms with Gasteiger partial charge in [0.2, 0.25) is 5.95 Å². The standard InChI is InChI=1S/C30H38BrN9O2S/c1-19-15-25(27(39(4)5)16-26(19)40-13-9-20(10-14-40)38(2)3)36-30-34-17-22(31)29(37-30)35-23-7-8-24-28(33-12-11-32-24)21(23)18-43(6,41)42/h7-8,11-12,15-17,20H,9-10,13-14,18H2,1-6H3,(H2,34,35,36,37). The number of halogens is 1. The van der Waals surface area contributed by atoms with Gasteiger partial charge in [-0.2, -0.15) is 4.98 Å². The maximum atomic E-state index is 12.3. The summed E-state index contributed by atoms with van der Waals surface area (Å²) in [6, 6.07) is 8.61. The molecule has 0 unspecified atom stereocenters. The summed E-state index contributed by atoms with van der Waals surface area (Å²) in [7, 11) is 5.02. The zero-order valence-corrected chi connectivity index (χ0v) is 27.8. The molecule has 1 saturated heterocycles. The molecule has 11 nitrogen and oxygen atoms in total. The molecule has 2 N–H and O–H groups in total. The average molecular weight is 669 g/mol. The van der Waals surface area contributed by atoms with Crippen molar-refractivity contribution < 1.29 is 8.42 Å². The number of aromatic nitrogens is 4. The summed E-state index contributed by atoms with van der Waals surface area (Å²) in [4.78, 5) is 24.9. The molecule has 2 aromatic heterocycles. The molecule has 0 atom stereocenters. The van der Waals surface area contributed by atoms with Crippen LogP contribution in [0.3, 0.4) is 0 Å². The van der Waals surface area contributed by atoms with E-state index in [1.807, 2.05) is 14.1 Å². The van der Waals surface area contributed by atoms with Crippen LogP contribution in [-0.4, -0.2) is 86.8 Å². The first kappa shape index (κ1) is 30.9. The summed E-state index contributed by atoms with van der Waals surface area (Å²) in [6.07, 6.45) is 8.30. The Kier molecular flexibility index (Phi) is 9.04. The topological polar surface area (TPSA) is 119 Å². The van der Waals surface area contributed by atoms with E-state index in [4.69, 9.17) is 4.98 Å². The fourth-order valence-corrected chi connectivity index (χ4v) is 6.61. The molecule has 0 aliphatic carbocycles. The SMILES string of the molecule is Cc1cc(Nc2ncc(Br)c(Nc3ccc4nccnc4c3CS(C)(=O)=O)n2)c(N(C)C)cc1N1CCC(N(C)C)CC1. The Morgan fingerprint density at radius 3 is 2.40 bits per heavy atom. The van der Waals surface area contributed by atoms with Gasteiger partial charge in [-0.25, -0.2) is 13.4 Å². The van der Waals surface area contributed by atoms with Gasteiger partial charge in [-0.3, -0.25) is 9.97 Å². The number of fused-ring (bicyclic) bond motifs is 1. The van der Waals surface area contributed by atoms with Gasteiger partial charge in [0.25, 0.3) is 0 Å². The monoisotopic (exact) mass is 667 g/mol. The summed E-state index contributed by atoms with van der Waals surface area (Å²) >= 11 is 3.55. The van der Waals surface area contributed by atoms with E-state index in [0.717, 1.165) is 37.3 Å². The van der Waals surface area contributed by atoms with Gasteiger partial charge in [0, 0.05) is 75.0 Å². The molecule has 4 aromatic rings. The summed E-state index contributed by atoms with van der Waals surface area (Å²) in [5, 5.41) is 6.72. The van der Waals surface area contributed by atoms with E-state index in [2.05, 4.69) is 89.4 Å². The molecule has 1 aliphatic rings. The zero-order valence-electron chi connectivity index (χ0n) is 25.4. The third kappa shape index (κ3) is 7.16. The second-order valence-corrected chi connectivity index (χ2v) is 14.5. The summed E-state index contributed by atoms with van der Waals surface area (Å²) < 4.78 is 25.3. The quantitative estimate of drug-likeness (QED) is 0.248. The molecular formula is C30H38BrN9O2S. The van der Waals surface area contributed by atoms with Crippen molar-refractivity contribution in [3.63, 3.8) is 0 Å². The van der Waals surface area contributed by atoms with Gasteiger partial charge >= 0.3 is 0 Å². The fourth-order valence-electron chi connectivity index (χ4n) is 5.50. The minimum absolute atomic E-state index is 0.191. The molecule has 43 heavy (non-hydrogen) atoms. The lowest BCUT2D eigenvalue weighted by Crippen LogP contribution is -2.42. The van der Waals surface area contributed by atoms with Crippen LogP contribution in [0.2, 0.25) is 0 Å². The lowest BCUT2D eigenvalue weighted by atomic mass is 10.0. The summed E-state index contributed by atoms with van der Waals surface area (Å²) in [5.74, 6) is 0.695. The van der Waals surface area contributed by atoms with Crippen molar-refractivity contribution in [1.29, 1.82) is 0 Å². The van der Waals surface area contributed by atoms with E-state index >= 15 is 0 Å². The van der Waals surface area contributed by atoms with E-state index in [1.165, 1.54) is 17.5 Å². The number of sulfone groups is 1. The molecule has 0 bridgehead atoms. The smallest absolute Gasteiger partial charge is 0.229 e. The summed E-state index contributed by atoms with van der Waals surface area (Å²) in [6.45, 7) is 4.19. The van der Waals surface area contributed by atoms with Crippen molar-refractivity contribution in [2.24, 2.45) is 0 Å². The normalized spacial score (nSPS) is 14.4. The molecule has 1 aliphatic heterocycles. The molecule has 5 rings (SSSR count). The highest BCUT2D eigenvalue weighted by Gasteiger charge is 2.23. The molecule has 0 radical (unpaired) electrons. The highest BCUT2D eigenvalue weighted by molar-refractivity contribution is 9.10. The van der Waals surface area contributed by atoms with Crippen molar-refractivity contribution in [2.45, 2.75) is 31.6 Å². The van der Waals surface area contributed by atoms with Gasteiger partial charge in [-0.1, -0.05) is 0 Å². The first-order valence-electron chi connectivity index (χ1n) is 14.1. The summed E-state index contributed by atoms with van der Waals surface area (Å²) in [5.41, 5.74) is 6.59. The van der Waals surface area contributed by atoms with Gasteiger partial charge in [0.1, 0.15) is 5.82 Å². The predicted molar refractivity (Wildman–Crippen MR) is 179 cm³/mol. The van der Waals surface area contributed by atoms with E-state index in [0.29, 0.717) is 44.6 Å². The van der Waals surface area contributed by atoms with Crippen LogP contribution < -0.4 is 20.4 Å². The number of aryl methyl sites for hydroxylation is 1. The maximum absolute atomic E-state index is 12.3. The molecule has 0 spiro atoms. The minimum atomic E-state index is -3.35. The van der Waals surface area contributed by atoms with Crippen molar-refractivity contribution in [3.05, 3.63) is 58.5 Å². The number of benzene rings is 2. The lowest BCUT2D eigenvalue weighted by molar-refractivity contribution is 0.249. The molecule has 1 fully saturated rings. The van der Waals surface area contributed by atoms with Crippen LogP contribution in [0.25, 0.3) is 11.0 Å². The van der Waals surface area contributed by atoms with Crippen LogP contribution in [0.1, 0.15) is 24.0 Å². The van der Waals surface area contributed by atoms with Crippen molar-refractivity contribution in [3.8, 4) is 0 Å². The van der Waals surface area contributed by atoms with E-state index in [-0.39, 0.29) is 5.75 Å². The average Bonchev–Trinajstić information content (AvgIpc) is 2.95. The van der Waals surface area contributed by atoms with Crippen molar-refractivity contribution in [1.82, 2.24) is 24.8 Å². The van der Waals surface area contributed by atoms with E-state index in [9.17, 15) is 8.42 Å². The highest BCUT2D eigenvalue weighted by atomic mass is 79.9. The predicted octanol–water partition coefficient (Wildman–Crippen LogP) is 5.12. The number of nitrogens with zero attached hydrogens (tertiary/aromatic N) is 7. The second kappa shape index (κ2) is 12.6. The number of nitrogens with one attached hydrogen (secondary N) is 2. The van der Waals surface area contributed by atoms with Gasteiger partial charge in [0.15, 0.2) is 9.84 Å². The van der Waals surface area contributed by atoms with E-state index in [1.54, 1.807) is 30.7 Å². The Hall–Kier alpha value is -3.55. The highest BCUT2D eigenvalue weighted by Crippen LogP contribution is 2.37. The van der Waals surface area contributed by atoms with Gasteiger partial charge < -0.3 is 25.3 Å². The largest absolute Gasteiger partial charge is 0.376 e. The fraction of sp³-hybridized carbons (Fsp3) is 0.400. The third-order valence-corrected chi connectivity index (χ3v) is 9.12. The maximum Gasteiger partial charge on any atom is 0.229 e. The Labute approximate surface area is 261 Å². The number of hydrogen-bond donors (Lipinski definition) is 2. The molecule has 2 aromatic carbocycles. The van der Waals surface area contributed by atoms with Crippen molar-refractivity contribution in [2.75, 3.05) is 68.0 Å². The van der Waals surface area contributed by atoms with Gasteiger partial charge in [-0.15, -0.1) is 0 Å². The minimum Gasteiger partial charge on any atom is -0.376 e. The second-order valence-electron chi connectivity index (χ2n) is 11.5. The molecular weight excluding hydrogens is 630 g/mol. The molecule has 3 heterocycles. The zero-order chi connectivity index (χ0) is 30.9. The number of anilines is 6. The van der Waals surface area contributed by atoms with Crippen LogP contribution in [0.5, 0.6) is 0 Å². The number of rotatable bonds is 9. The van der Waals surface area contributed by atoms with Gasteiger partial charge in [-0.05, 0) is 79.6 Å². The van der Waals surface area contributed by atoms with Gasteiger partial charge in [0.05, 0.1) is 32.6 Å². The van der Waals surface area contributed by atoms with Crippen LogP contribution in [0.4, 0.5) is 34.5 Å². The lowest BCUT2D eigenvalue weighted by Gasteiger charge is -2.37. The molecule has 228 valence electrons. The number of hydrogen-bond acceptors (Lipinski definition) is 11. The Morgan fingerprint density at radius 1 is 1.00 bits per heavy atom. The first-order chi connectivity index (χ1) is 20.4. The van der Waals surface area contributed by atoms with Crippen molar-refractivity contribution >= 4 is 71.3 Å². The first-order valence-corrected chi connectivity index (χ1v) is 16.9. The van der Waals surface area contributed by atoms with Crippen LogP contribution >= 0.6 is 15.9 Å².